The molecule has 0 saturated carbocycles. The van der Waals surface area contributed by atoms with Gasteiger partial charge in [0.25, 0.3) is 0 Å². The van der Waals surface area contributed by atoms with E-state index in [4.69, 9.17) is 5.53 Å². The number of hydrogen-bond donors (Lipinski definition) is 1. The number of aliphatic hydroxyl groups is 1. The molecule has 0 bridgehead atoms. The van der Waals surface area contributed by atoms with Crippen molar-refractivity contribution in [2.75, 3.05) is 6.54 Å². The molecule has 1 rings (SSSR count). The summed E-state index contributed by atoms with van der Waals surface area (Å²) in [5.74, 6) is 0. The molecule has 0 spiro atoms. The smallest absolute Gasteiger partial charge is 0.0795 e. The van der Waals surface area contributed by atoms with Gasteiger partial charge in [0.1, 0.15) is 0 Å². The Morgan fingerprint density at radius 1 is 1.22 bits per heavy atom. The van der Waals surface area contributed by atoms with Gasteiger partial charge in [-0.25, -0.2) is 0 Å². The largest absolute Gasteiger partial charge is 0.388 e. The van der Waals surface area contributed by atoms with Gasteiger partial charge in [0.2, 0.25) is 0 Å². The first-order chi connectivity index (χ1) is 8.49. The number of hydrogen-bond acceptors (Lipinski definition) is 2. The minimum absolute atomic E-state index is 0.441. The van der Waals surface area contributed by atoms with Gasteiger partial charge in [-0.05, 0) is 73.9 Å². The van der Waals surface area contributed by atoms with Crippen molar-refractivity contribution in [3.8, 4) is 0 Å². The molecule has 18 heavy (non-hydrogen) atoms. The summed E-state index contributed by atoms with van der Waals surface area (Å²) in [7, 11) is 0. The van der Waals surface area contributed by atoms with E-state index in [1.54, 1.807) is 0 Å². The molecule has 1 N–H and O–H groups in total. The van der Waals surface area contributed by atoms with Gasteiger partial charge < -0.3 is 5.11 Å². The second-order valence-corrected chi connectivity index (χ2v) is 4.79. The van der Waals surface area contributed by atoms with Crippen LogP contribution in [0.3, 0.4) is 0 Å². The molecule has 0 aliphatic heterocycles. The maximum atomic E-state index is 10.3. The van der Waals surface area contributed by atoms with Gasteiger partial charge in [0.05, 0.1) is 6.10 Å². The van der Waals surface area contributed by atoms with Crippen molar-refractivity contribution in [2.45, 2.75) is 46.6 Å². The van der Waals surface area contributed by atoms with E-state index in [-0.39, 0.29) is 0 Å². The highest BCUT2D eigenvalue weighted by Crippen LogP contribution is 2.29. The second-order valence-electron chi connectivity index (χ2n) is 4.79. The van der Waals surface area contributed by atoms with Gasteiger partial charge in [-0.2, -0.15) is 0 Å². The normalized spacial score (nSPS) is 12.1. The number of aliphatic hydroxyl groups excluding tert-OH is 1. The number of benzene rings is 1. The number of aryl methyl sites for hydroxylation is 2. The van der Waals surface area contributed by atoms with Crippen molar-refractivity contribution in [2.24, 2.45) is 5.11 Å². The van der Waals surface area contributed by atoms with Crippen molar-refractivity contribution >= 4 is 0 Å². The summed E-state index contributed by atoms with van der Waals surface area (Å²) in [6.45, 7) is 8.67. The topological polar surface area (TPSA) is 69.0 Å². The fraction of sp³-hybridized carbons (Fsp3) is 0.571. The zero-order valence-electron chi connectivity index (χ0n) is 11.6. The zero-order valence-corrected chi connectivity index (χ0v) is 11.6. The first kappa shape index (κ1) is 14.6. The van der Waals surface area contributed by atoms with E-state index in [1.807, 2.05) is 13.8 Å². The molecule has 0 heterocycles. The van der Waals surface area contributed by atoms with Crippen LogP contribution in [-0.4, -0.2) is 11.7 Å². The molecule has 1 aromatic carbocycles. The Kier molecular flexibility index (Phi) is 5.20. The van der Waals surface area contributed by atoms with Gasteiger partial charge in [0.15, 0.2) is 0 Å². The first-order valence-electron chi connectivity index (χ1n) is 6.25. The van der Waals surface area contributed by atoms with E-state index in [1.165, 1.54) is 11.1 Å². The molecular weight excluding hydrogens is 226 g/mol. The summed E-state index contributed by atoms with van der Waals surface area (Å²) in [5.41, 5.74) is 14.0. The minimum Gasteiger partial charge on any atom is -0.388 e. The Labute approximate surface area is 108 Å². The van der Waals surface area contributed by atoms with Gasteiger partial charge in [-0.1, -0.05) is 11.2 Å². The molecule has 0 saturated heterocycles. The van der Waals surface area contributed by atoms with E-state index in [0.717, 1.165) is 16.7 Å². The summed E-state index contributed by atoms with van der Waals surface area (Å²) in [6, 6.07) is 2.15. The van der Waals surface area contributed by atoms with E-state index in [9.17, 15) is 5.11 Å². The van der Waals surface area contributed by atoms with E-state index in [2.05, 4.69) is 29.9 Å². The average molecular weight is 247 g/mol. The Hall–Kier alpha value is -1.51. The molecule has 0 aliphatic rings. The molecule has 1 aromatic rings. The Morgan fingerprint density at radius 2 is 1.78 bits per heavy atom. The lowest BCUT2D eigenvalue weighted by Gasteiger charge is -2.20. The maximum Gasteiger partial charge on any atom is 0.0795 e. The van der Waals surface area contributed by atoms with E-state index < -0.39 is 6.10 Å². The molecule has 0 amide bonds. The van der Waals surface area contributed by atoms with Crippen molar-refractivity contribution in [3.05, 3.63) is 44.3 Å². The fourth-order valence-electron chi connectivity index (χ4n) is 2.29. The molecular formula is C14H21N3O. The second kappa shape index (κ2) is 6.43. The maximum absolute atomic E-state index is 10.3. The third kappa shape index (κ3) is 3.25. The van der Waals surface area contributed by atoms with Crippen LogP contribution in [0.5, 0.6) is 0 Å². The molecule has 0 fully saturated rings. The monoisotopic (exact) mass is 247 g/mol. The first-order valence-corrected chi connectivity index (χ1v) is 6.25. The highest BCUT2D eigenvalue weighted by molar-refractivity contribution is 5.45. The van der Waals surface area contributed by atoms with Crippen LogP contribution >= 0.6 is 0 Å². The van der Waals surface area contributed by atoms with Crippen molar-refractivity contribution in [1.82, 2.24) is 0 Å². The van der Waals surface area contributed by atoms with E-state index >= 15 is 0 Å². The third-order valence-electron chi connectivity index (χ3n) is 3.56. The predicted molar refractivity (Wildman–Crippen MR) is 73.6 cm³/mol. The quantitative estimate of drug-likeness (QED) is 0.362. The van der Waals surface area contributed by atoms with Crippen LogP contribution in [0.1, 0.15) is 46.8 Å². The minimum atomic E-state index is -0.475. The van der Waals surface area contributed by atoms with Crippen LogP contribution in [0.2, 0.25) is 0 Å². The molecule has 1 unspecified atom stereocenters. The number of nitrogens with zero attached hydrogens (tertiary/aromatic N) is 3. The molecule has 0 radical (unpaired) electrons. The SMILES string of the molecule is Cc1cc(C)c(C)c(C(O)CCCN=[N+]=[N-])c1C. The highest BCUT2D eigenvalue weighted by atomic mass is 16.3. The average Bonchev–Trinajstić information content (AvgIpc) is 2.32. The van der Waals surface area contributed by atoms with Crippen LogP contribution in [-0.2, 0) is 0 Å². The van der Waals surface area contributed by atoms with Crippen LogP contribution in [0.25, 0.3) is 10.4 Å². The lowest BCUT2D eigenvalue weighted by Crippen LogP contribution is -2.06. The Balaban J connectivity index is 2.91. The fourth-order valence-corrected chi connectivity index (χ4v) is 2.29. The molecule has 1 atom stereocenters. The predicted octanol–water partition coefficient (Wildman–Crippen LogP) is 4.04. The van der Waals surface area contributed by atoms with Crippen LogP contribution in [0.15, 0.2) is 11.2 Å². The number of azide groups is 1. The van der Waals surface area contributed by atoms with Gasteiger partial charge in [0, 0.05) is 11.5 Å². The molecule has 4 nitrogen and oxygen atoms in total. The van der Waals surface area contributed by atoms with Gasteiger partial charge >= 0.3 is 0 Å². The summed E-state index contributed by atoms with van der Waals surface area (Å²) in [5, 5.41) is 13.8. The van der Waals surface area contributed by atoms with Crippen LogP contribution in [0.4, 0.5) is 0 Å². The summed E-state index contributed by atoms with van der Waals surface area (Å²) in [4.78, 5) is 2.71. The van der Waals surface area contributed by atoms with Crippen molar-refractivity contribution in [3.63, 3.8) is 0 Å². The lowest BCUT2D eigenvalue weighted by molar-refractivity contribution is 0.164. The molecule has 98 valence electrons. The lowest BCUT2D eigenvalue weighted by atomic mass is 9.89. The Morgan fingerprint density at radius 3 is 2.28 bits per heavy atom. The summed E-state index contributed by atoms with van der Waals surface area (Å²) >= 11 is 0. The number of rotatable bonds is 5. The van der Waals surface area contributed by atoms with Crippen molar-refractivity contribution in [1.29, 1.82) is 0 Å². The van der Waals surface area contributed by atoms with Crippen molar-refractivity contribution < 1.29 is 5.11 Å². The third-order valence-corrected chi connectivity index (χ3v) is 3.56. The van der Waals surface area contributed by atoms with Gasteiger partial charge in [-0.3, -0.25) is 0 Å². The Bertz CT molecular complexity index is 450. The standard InChI is InChI=1S/C14H21N3O/c1-9-8-10(2)12(4)14(11(9)3)13(18)6-5-7-16-17-15/h8,13,18H,5-7H2,1-4H3. The molecule has 0 aromatic heterocycles. The summed E-state index contributed by atoms with van der Waals surface area (Å²) < 4.78 is 0. The van der Waals surface area contributed by atoms with Crippen LogP contribution in [0, 0.1) is 27.7 Å². The highest BCUT2D eigenvalue weighted by Gasteiger charge is 2.15. The zero-order chi connectivity index (χ0) is 13.7. The van der Waals surface area contributed by atoms with Crippen LogP contribution < -0.4 is 0 Å². The van der Waals surface area contributed by atoms with Gasteiger partial charge in [-0.15, -0.1) is 0 Å². The molecule has 0 aliphatic carbocycles. The molecule has 4 heteroatoms. The van der Waals surface area contributed by atoms with E-state index in [0.29, 0.717) is 19.4 Å². The summed E-state index contributed by atoms with van der Waals surface area (Å²) in [6.07, 6.45) is 0.859.